The Morgan fingerprint density at radius 3 is 2.58 bits per heavy atom. The van der Waals surface area contributed by atoms with Gasteiger partial charge in [-0.05, 0) is 59.3 Å². The van der Waals surface area contributed by atoms with Gasteiger partial charge in [-0.2, -0.15) is 0 Å². The van der Waals surface area contributed by atoms with Crippen LogP contribution in [0, 0.1) is 0 Å². The van der Waals surface area contributed by atoms with Gasteiger partial charge in [0.2, 0.25) is 0 Å². The summed E-state index contributed by atoms with van der Waals surface area (Å²) in [4.78, 5) is 13.6. The Labute approximate surface area is 122 Å². The third kappa shape index (κ3) is 3.30. The molecule has 0 radical (unpaired) electrons. The maximum Gasteiger partial charge on any atom is 0.310 e. The van der Waals surface area contributed by atoms with Gasteiger partial charge in [0.15, 0.2) is 0 Å². The van der Waals surface area contributed by atoms with Gasteiger partial charge in [0.25, 0.3) is 0 Å². The molecular formula is C15H20BrNO2. The van der Waals surface area contributed by atoms with E-state index in [2.05, 4.69) is 26.9 Å². The lowest BCUT2D eigenvalue weighted by atomic mass is 9.96. The first kappa shape index (κ1) is 14.4. The van der Waals surface area contributed by atoms with E-state index in [0.717, 1.165) is 23.1 Å². The summed E-state index contributed by atoms with van der Waals surface area (Å²) >= 11 is 3.59. The number of piperidine rings is 1. The summed E-state index contributed by atoms with van der Waals surface area (Å²) < 4.78 is 1.01. The number of benzene rings is 1. The van der Waals surface area contributed by atoms with E-state index >= 15 is 0 Å². The van der Waals surface area contributed by atoms with E-state index in [1.165, 1.54) is 24.9 Å². The van der Waals surface area contributed by atoms with Gasteiger partial charge in [0.05, 0.1) is 11.6 Å². The maximum absolute atomic E-state index is 11.2. The number of aliphatic carboxylic acids is 1. The van der Waals surface area contributed by atoms with Crippen LogP contribution in [0.2, 0.25) is 0 Å². The van der Waals surface area contributed by atoms with Gasteiger partial charge in [-0.3, -0.25) is 4.79 Å². The van der Waals surface area contributed by atoms with E-state index in [1.807, 2.05) is 19.1 Å². The summed E-state index contributed by atoms with van der Waals surface area (Å²) in [6, 6.07) is 5.97. The summed E-state index contributed by atoms with van der Waals surface area (Å²) in [6.45, 7) is 4.09. The molecular weight excluding hydrogens is 306 g/mol. The molecule has 0 spiro atoms. The molecule has 1 fully saturated rings. The molecule has 0 amide bonds. The van der Waals surface area contributed by atoms with Gasteiger partial charge in [-0.25, -0.2) is 0 Å². The number of carboxylic acids is 1. The normalized spacial score (nSPS) is 17.3. The zero-order chi connectivity index (χ0) is 13.8. The number of hydrogen-bond donors (Lipinski definition) is 1. The molecule has 104 valence electrons. The summed E-state index contributed by atoms with van der Waals surface area (Å²) in [6.07, 6.45) is 4.40. The lowest BCUT2D eigenvalue weighted by Gasteiger charge is -2.30. The van der Waals surface area contributed by atoms with Crippen molar-refractivity contribution < 1.29 is 9.90 Å². The molecule has 2 rings (SSSR count). The lowest BCUT2D eigenvalue weighted by molar-refractivity contribution is -0.138. The Balaban J connectivity index is 2.23. The fourth-order valence-corrected chi connectivity index (χ4v) is 3.33. The number of nitrogens with zero attached hydrogens (tertiary/aromatic N) is 1. The molecule has 3 nitrogen and oxygen atoms in total. The Kier molecular flexibility index (Phi) is 4.86. The Morgan fingerprint density at radius 2 is 2.05 bits per heavy atom. The molecule has 1 saturated heterocycles. The molecule has 1 heterocycles. The van der Waals surface area contributed by atoms with Crippen LogP contribution in [0.3, 0.4) is 0 Å². The second kappa shape index (κ2) is 6.42. The van der Waals surface area contributed by atoms with E-state index in [-0.39, 0.29) is 0 Å². The van der Waals surface area contributed by atoms with Gasteiger partial charge in [0, 0.05) is 17.6 Å². The topological polar surface area (TPSA) is 40.5 Å². The second-order valence-electron chi connectivity index (χ2n) is 5.06. The first-order valence-electron chi connectivity index (χ1n) is 6.90. The third-order valence-corrected chi connectivity index (χ3v) is 4.41. The first-order valence-corrected chi connectivity index (χ1v) is 7.70. The summed E-state index contributed by atoms with van der Waals surface area (Å²) in [7, 11) is 0. The van der Waals surface area contributed by atoms with Gasteiger partial charge < -0.3 is 10.0 Å². The van der Waals surface area contributed by atoms with Crippen LogP contribution in [0.25, 0.3) is 0 Å². The van der Waals surface area contributed by atoms with Crippen LogP contribution < -0.4 is 4.90 Å². The van der Waals surface area contributed by atoms with Crippen LogP contribution in [0.5, 0.6) is 0 Å². The molecule has 4 heteroatoms. The molecule has 1 aliphatic heterocycles. The average Bonchev–Trinajstić information content (AvgIpc) is 2.40. The van der Waals surface area contributed by atoms with E-state index in [1.54, 1.807) is 0 Å². The van der Waals surface area contributed by atoms with Crippen LogP contribution in [0.1, 0.15) is 44.1 Å². The molecule has 1 aromatic carbocycles. The monoisotopic (exact) mass is 325 g/mol. The van der Waals surface area contributed by atoms with E-state index in [9.17, 15) is 9.90 Å². The molecule has 0 saturated carbocycles. The van der Waals surface area contributed by atoms with E-state index in [0.29, 0.717) is 6.42 Å². The average molecular weight is 326 g/mol. The summed E-state index contributed by atoms with van der Waals surface area (Å²) in [5, 5.41) is 9.21. The van der Waals surface area contributed by atoms with Crippen LogP contribution >= 0.6 is 15.9 Å². The number of anilines is 1. The van der Waals surface area contributed by atoms with Crippen LogP contribution in [-0.4, -0.2) is 24.2 Å². The molecule has 0 aromatic heterocycles. The van der Waals surface area contributed by atoms with Gasteiger partial charge in [-0.1, -0.05) is 13.0 Å². The largest absolute Gasteiger partial charge is 0.481 e. The van der Waals surface area contributed by atoms with E-state index in [4.69, 9.17) is 0 Å². The fourth-order valence-electron chi connectivity index (χ4n) is 2.68. The highest BCUT2D eigenvalue weighted by atomic mass is 79.9. The highest BCUT2D eigenvalue weighted by molar-refractivity contribution is 9.10. The van der Waals surface area contributed by atoms with Gasteiger partial charge >= 0.3 is 5.97 Å². The predicted octanol–water partition coefficient (Wildman–Crippen LogP) is 4.02. The van der Waals surface area contributed by atoms with Crippen molar-refractivity contribution in [2.24, 2.45) is 0 Å². The number of hydrogen-bond acceptors (Lipinski definition) is 2. The zero-order valence-electron chi connectivity index (χ0n) is 11.2. The standard InChI is InChI=1S/C15H20BrNO2/c1-2-12(15(18)19)11-6-7-14(13(16)10-11)17-8-4-3-5-9-17/h6-7,10,12H,2-5,8-9H2,1H3,(H,18,19). The van der Waals surface area contributed by atoms with E-state index < -0.39 is 11.9 Å². The lowest BCUT2D eigenvalue weighted by Crippen LogP contribution is -2.29. The quantitative estimate of drug-likeness (QED) is 0.908. The fraction of sp³-hybridized carbons (Fsp3) is 0.533. The van der Waals surface area contributed by atoms with Crippen molar-refractivity contribution in [2.45, 2.75) is 38.5 Å². The number of carboxylic acid groups (broad SMARTS) is 1. The van der Waals surface area contributed by atoms with Crippen molar-refractivity contribution in [1.82, 2.24) is 0 Å². The Bertz CT molecular complexity index is 455. The number of carbonyl (C=O) groups is 1. The minimum Gasteiger partial charge on any atom is -0.481 e. The SMILES string of the molecule is CCC(C(=O)O)c1ccc(N2CCCCC2)c(Br)c1. The molecule has 1 unspecified atom stereocenters. The molecule has 0 bridgehead atoms. The van der Waals surface area contributed by atoms with Crippen molar-refractivity contribution in [3.05, 3.63) is 28.2 Å². The zero-order valence-corrected chi connectivity index (χ0v) is 12.8. The Hall–Kier alpha value is -1.03. The van der Waals surface area contributed by atoms with Crippen LogP contribution in [0.4, 0.5) is 5.69 Å². The highest BCUT2D eigenvalue weighted by Crippen LogP contribution is 2.32. The number of rotatable bonds is 4. The first-order chi connectivity index (χ1) is 9.13. The molecule has 19 heavy (non-hydrogen) atoms. The van der Waals surface area contributed by atoms with Crippen LogP contribution in [0.15, 0.2) is 22.7 Å². The maximum atomic E-state index is 11.2. The molecule has 0 aliphatic carbocycles. The summed E-state index contributed by atoms with van der Waals surface area (Å²) in [5.41, 5.74) is 2.06. The minimum atomic E-state index is -0.750. The van der Waals surface area contributed by atoms with Crippen molar-refractivity contribution in [3.8, 4) is 0 Å². The van der Waals surface area contributed by atoms with Crippen molar-refractivity contribution in [2.75, 3.05) is 18.0 Å². The third-order valence-electron chi connectivity index (χ3n) is 3.78. The van der Waals surface area contributed by atoms with Gasteiger partial charge in [-0.15, -0.1) is 0 Å². The smallest absolute Gasteiger partial charge is 0.310 e. The second-order valence-corrected chi connectivity index (χ2v) is 5.91. The van der Waals surface area contributed by atoms with Crippen LogP contribution in [-0.2, 0) is 4.79 Å². The number of halogens is 1. The molecule has 1 N–H and O–H groups in total. The predicted molar refractivity (Wildman–Crippen MR) is 80.9 cm³/mol. The highest BCUT2D eigenvalue weighted by Gasteiger charge is 2.20. The van der Waals surface area contributed by atoms with Gasteiger partial charge in [0.1, 0.15) is 0 Å². The Morgan fingerprint density at radius 1 is 1.37 bits per heavy atom. The molecule has 1 aliphatic rings. The van der Waals surface area contributed by atoms with Crippen molar-refractivity contribution >= 4 is 27.6 Å². The molecule has 1 atom stereocenters. The minimum absolute atomic E-state index is 0.410. The molecule has 1 aromatic rings. The van der Waals surface area contributed by atoms with Crippen molar-refractivity contribution in [1.29, 1.82) is 0 Å². The summed E-state index contributed by atoms with van der Waals surface area (Å²) in [5.74, 6) is -1.16. The van der Waals surface area contributed by atoms with Crippen molar-refractivity contribution in [3.63, 3.8) is 0 Å².